The van der Waals surface area contributed by atoms with E-state index in [1.54, 1.807) is 20.8 Å². The number of amides is 2. The standard InChI is InChI=1S/C13H19N3O4S/c1-13(2,3)11(20)15-12-14-8(7-21-12)10(19)16(4)6-5-9(17)18/h7H,5-6H2,1-4H3,(H,17,18)(H,14,15,20). The van der Waals surface area contributed by atoms with E-state index >= 15 is 0 Å². The Morgan fingerprint density at radius 2 is 2.00 bits per heavy atom. The molecule has 2 amide bonds. The largest absolute Gasteiger partial charge is 0.481 e. The first kappa shape index (κ1) is 17.1. The van der Waals surface area contributed by atoms with Crippen LogP contribution in [0.15, 0.2) is 5.38 Å². The first-order chi connectivity index (χ1) is 9.61. The maximum atomic E-state index is 12.0. The Kier molecular flexibility index (Phi) is 5.42. The van der Waals surface area contributed by atoms with Crippen LogP contribution in [0.3, 0.4) is 0 Å². The van der Waals surface area contributed by atoms with Crippen LogP contribution in [0, 0.1) is 5.41 Å². The highest BCUT2D eigenvalue weighted by Crippen LogP contribution is 2.21. The minimum Gasteiger partial charge on any atom is -0.481 e. The topological polar surface area (TPSA) is 99.6 Å². The Morgan fingerprint density at radius 1 is 1.38 bits per heavy atom. The summed E-state index contributed by atoms with van der Waals surface area (Å²) in [6, 6.07) is 0. The van der Waals surface area contributed by atoms with E-state index in [1.807, 2.05) is 0 Å². The molecule has 0 aliphatic carbocycles. The number of carboxylic acid groups (broad SMARTS) is 1. The Morgan fingerprint density at radius 3 is 2.52 bits per heavy atom. The van der Waals surface area contributed by atoms with Crippen molar-refractivity contribution in [3.05, 3.63) is 11.1 Å². The summed E-state index contributed by atoms with van der Waals surface area (Å²) in [5.41, 5.74) is -0.356. The zero-order chi connectivity index (χ0) is 16.2. The Bertz CT molecular complexity index is 548. The summed E-state index contributed by atoms with van der Waals surface area (Å²) in [4.78, 5) is 39.7. The summed E-state index contributed by atoms with van der Waals surface area (Å²) in [6.45, 7) is 5.44. The number of rotatable bonds is 5. The van der Waals surface area contributed by atoms with Gasteiger partial charge in [-0.3, -0.25) is 14.4 Å². The van der Waals surface area contributed by atoms with Crippen LogP contribution >= 0.6 is 11.3 Å². The summed E-state index contributed by atoms with van der Waals surface area (Å²) < 4.78 is 0. The highest BCUT2D eigenvalue weighted by atomic mass is 32.1. The van der Waals surface area contributed by atoms with Crippen molar-refractivity contribution in [2.24, 2.45) is 5.41 Å². The van der Waals surface area contributed by atoms with Crippen LogP contribution in [0.4, 0.5) is 5.13 Å². The molecule has 1 rings (SSSR count). The monoisotopic (exact) mass is 313 g/mol. The molecule has 8 heteroatoms. The molecule has 1 heterocycles. The quantitative estimate of drug-likeness (QED) is 0.861. The van der Waals surface area contributed by atoms with Crippen LogP contribution < -0.4 is 5.32 Å². The molecule has 0 fully saturated rings. The average molecular weight is 313 g/mol. The smallest absolute Gasteiger partial charge is 0.305 e. The second kappa shape index (κ2) is 6.66. The molecule has 21 heavy (non-hydrogen) atoms. The van der Waals surface area contributed by atoms with Crippen LogP contribution in [-0.4, -0.2) is 46.4 Å². The van der Waals surface area contributed by atoms with Crippen molar-refractivity contribution in [3.63, 3.8) is 0 Å². The minimum atomic E-state index is -0.967. The third-order valence-corrected chi connectivity index (χ3v) is 3.39. The van der Waals surface area contributed by atoms with Crippen molar-refractivity contribution in [2.45, 2.75) is 27.2 Å². The summed E-state index contributed by atoms with van der Waals surface area (Å²) in [6.07, 6.45) is -0.125. The fourth-order valence-corrected chi connectivity index (χ4v) is 1.95. The summed E-state index contributed by atoms with van der Waals surface area (Å²) in [7, 11) is 1.51. The first-order valence-corrected chi connectivity index (χ1v) is 7.23. The van der Waals surface area contributed by atoms with Gasteiger partial charge in [-0.2, -0.15) is 0 Å². The molecule has 116 valence electrons. The molecule has 0 radical (unpaired) electrons. The number of aromatic nitrogens is 1. The van der Waals surface area contributed by atoms with E-state index in [-0.39, 0.29) is 30.5 Å². The van der Waals surface area contributed by atoms with E-state index in [4.69, 9.17) is 5.11 Å². The number of carboxylic acids is 1. The zero-order valence-electron chi connectivity index (χ0n) is 12.5. The van der Waals surface area contributed by atoms with Gasteiger partial charge in [0.2, 0.25) is 5.91 Å². The molecular formula is C13H19N3O4S. The van der Waals surface area contributed by atoms with E-state index < -0.39 is 11.4 Å². The third-order valence-electron chi connectivity index (χ3n) is 2.63. The number of nitrogens with one attached hydrogen (secondary N) is 1. The fraction of sp³-hybridized carbons (Fsp3) is 0.538. The van der Waals surface area contributed by atoms with E-state index in [2.05, 4.69) is 10.3 Å². The first-order valence-electron chi connectivity index (χ1n) is 6.35. The lowest BCUT2D eigenvalue weighted by Gasteiger charge is -2.16. The van der Waals surface area contributed by atoms with Gasteiger partial charge in [-0.15, -0.1) is 11.3 Å². The SMILES string of the molecule is CN(CCC(=O)O)C(=O)c1csc(NC(=O)C(C)(C)C)n1. The Labute approximate surface area is 127 Å². The van der Waals surface area contributed by atoms with Crippen LogP contribution in [0.5, 0.6) is 0 Å². The van der Waals surface area contributed by atoms with Crippen molar-refractivity contribution in [1.82, 2.24) is 9.88 Å². The molecule has 0 saturated carbocycles. The summed E-state index contributed by atoms with van der Waals surface area (Å²) >= 11 is 1.16. The van der Waals surface area contributed by atoms with Crippen molar-refractivity contribution < 1.29 is 19.5 Å². The molecule has 0 atom stereocenters. The number of nitrogens with zero attached hydrogens (tertiary/aromatic N) is 2. The second-order valence-corrected chi connectivity index (χ2v) is 6.47. The number of hydrogen-bond acceptors (Lipinski definition) is 5. The van der Waals surface area contributed by atoms with E-state index in [9.17, 15) is 14.4 Å². The van der Waals surface area contributed by atoms with Crippen LogP contribution in [-0.2, 0) is 9.59 Å². The number of aliphatic carboxylic acids is 1. The molecule has 0 aliphatic rings. The molecule has 1 aromatic rings. The van der Waals surface area contributed by atoms with Gasteiger partial charge in [0.15, 0.2) is 5.13 Å². The van der Waals surface area contributed by atoms with E-state index in [0.717, 1.165) is 11.3 Å². The third kappa shape index (κ3) is 5.14. The van der Waals surface area contributed by atoms with E-state index in [1.165, 1.54) is 17.3 Å². The van der Waals surface area contributed by atoms with Gasteiger partial charge in [-0.25, -0.2) is 4.98 Å². The highest BCUT2D eigenvalue weighted by molar-refractivity contribution is 7.14. The molecule has 1 aromatic heterocycles. The molecular weight excluding hydrogens is 294 g/mol. The number of hydrogen-bond donors (Lipinski definition) is 2. The predicted molar refractivity (Wildman–Crippen MR) is 79.4 cm³/mol. The van der Waals surface area contributed by atoms with Gasteiger partial charge in [0.25, 0.3) is 5.91 Å². The van der Waals surface area contributed by atoms with Gasteiger partial charge in [-0.1, -0.05) is 20.8 Å². The fourth-order valence-electron chi connectivity index (χ4n) is 1.27. The lowest BCUT2D eigenvalue weighted by atomic mass is 9.96. The van der Waals surface area contributed by atoms with Crippen molar-refractivity contribution in [1.29, 1.82) is 0 Å². The lowest BCUT2D eigenvalue weighted by molar-refractivity contribution is -0.137. The lowest BCUT2D eigenvalue weighted by Crippen LogP contribution is -2.29. The van der Waals surface area contributed by atoms with Crippen molar-refractivity contribution in [3.8, 4) is 0 Å². The zero-order valence-corrected chi connectivity index (χ0v) is 13.3. The second-order valence-electron chi connectivity index (χ2n) is 5.61. The summed E-state index contributed by atoms with van der Waals surface area (Å²) in [5, 5.41) is 13.1. The van der Waals surface area contributed by atoms with Crippen LogP contribution in [0.25, 0.3) is 0 Å². The van der Waals surface area contributed by atoms with Gasteiger partial charge in [-0.05, 0) is 0 Å². The van der Waals surface area contributed by atoms with Gasteiger partial charge in [0, 0.05) is 24.4 Å². The number of carbonyl (C=O) groups excluding carboxylic acids is 2. The number of thiazole rings is 1. The molecule has 0 aromatic carbocycles. The van der Waals surface area contributed by atoms with Gasteiger partial charge >= 0.3 is 5.97 Å². The summed E-state index contributed by atoms with van der Waals surface area (Å²) in [5.74, 6) is -1.52. The molecule has 0 unspecified atom stereocenters. The maximum Gasteiger partial charge on any atom is 0.305 e. The minimum absolute atomic E-state index is 0.107. The predicted octanol–water partition coefficient (Wildman–Crippen LogP) is 1.67. The molecule has 7 nitrogen and oxygen atoms in total. The average Bonchev–Trinajstić information content (AvgIpc) is 2.82. The molecule has 0 aliphatic heterocycles. The van der Waals surface area contributed by atoms with Gasteiger partial charge < -0.3 is 15.3 Å². The van der Waals surface area contributed by atoms with Crippen molar-refractivity contribution >= 4 is 34.3 Å². The normalized spacial score (nSPS) is 11.0. The Hall–Kier alpha value is -1.96. The molecule has 0 spiro atoms. The molecule has 2 N–H and O–H groups in total. The molecule has 0 saturated heterocycles. The van der Waals surface area contributed by atoms with E-state index in [0.29, 0.717) is 5.13 Å². The highest BCUT2D eigenvalue weighted by Gasteiger charge is 2.23. The van der Waals surface area contributed by atoms with Crippen LogP contribution in [0.2, 0.25) is 0 Å². The molecule has 0 bridgehead atoms. The van der Waals surface area contributed by atoms with Crippen LogP contribution in [0.1, 0.15) is 37.7 Å². The van der Waals surface area contributed by atoms with Gasteiger partial charge in [0.05, 0.1) is 6.42 Å². The number of carbonyl (C=O) groups is 3. The van der Waals surface area contributed by atoms with Crippen molar-refractivity contribution in [2.75, 3.05) is 18.9 Å². The van der Waals surface area contributed by atoms with Gasteiger partial charge in [0.1, 0.15) is 5.69 Å². The Balaban J connectivity index is 2.68. The number of anilines is 1. The maximum absolute atomic E-state index is 12.0.